The van der Waals surface area contributed by atoms with E-state index in [0.29, 0.717) is 0 Å². The number of nitriles is 1. The molecule has 4 heteroatoms. The Morgan fingerprint density at radius 1 is 1.28 bits per heavy atom. The summed E-state index contributed by atoms with van der Waals surface area (Å²) >= 11 is 0. The topological polar surface area (TPSA) is 62.1 Å². The van der Waals surface area contributed by atoms with Gasteiger partial charge in [0, 0.05) is 0 Å². The fraction of sp³-hybridized carbons (Fsp3) is 0.857. The highest BCUT2D eigenvalue weighted by molar-refractivity contribution is 5.68. The van der Waals surface area contributed by atoms with Gasteiger partial charge in [-0.2, -0.15) is 5.26 Å². The summed E-state index contributed by atoms with van der Waals surface area (Å²) in [5.74, 6) is 0. The van der Waals surface area contributed by atoms with Gasteiger partial charge in [0.1, 0.15) is 5.60 Å². The highest BCUT2D eigenvalue weighted by Gasteiger charge is 2.55. The summed E-state index contributed by atoms with van der Waals surface area (Å²) in [6.45, 7) is 11.6. The molecule has 1 aliphatic carbocycles. The van der Waals surface area contributed by atoms with Crippen molar-refractivity contribution in [2.75, 3.05) is 0 Å². The van der Waals surface area contributed by atoms with E-state index in [1.807, 2.05) is 41.5 Å². The van der Waals surface area contributed by atoms with E-state index < -0.39 is 17.1 Å². The Hall–Kier alpha value is -1.24. The van der Waals surface area contributed by atoms with Crippen molar-refractivity contribution in [3.8, 4) is 6.07 Å². The van der Waals surface area contributed by atoms with Gasteiger partial charge in [0.15, 0.2) is 0 Å². The van der Waals surface area contributed by atoms with Crippen LogP contribution in [0.1, 0.15) is 54.4 Å². The summed E-state index contributed by atoms with van der Waals surface area (Å²) < 4.78 is 5.27. The zero-order valence-corrected chi connectivity index (χ0v) is 12.3. The van der Waals surface area contributed by atoms with Crippen LogP contribution < -0.4 is 5.32 Å². The number of hydrogen-bond acceptors (Lipinski definition) is 3. The SMILES string of the molecule is CC(C)(C)OC(=O)NC(C(C)(C)C)C1(C#N)CC1. The number of alkyl carbamates (subject to hydrolysis) is 1. The minimum absolute atomic E-state index is 0.164. The monoisotopic (exact) mass is 252 g/mol. The number of carbonyl (C=O) groups excluding carboxylic acids is 1. The van der Waals surface area contributed by atoms with E-state index in [4.69, 9.17) is 4.74 Å². The number of nitrogens with zero attached hydrogens (tertiary/aromatic N) is 1. The van der Waals surface area contributed by atoms with Crippen LogP contribution in [-0.4, -0.2) is 17.7 Å². The Kier molecular flexibility index (Phi) is 3.67. The molecule has 0 aromatic rings. The minimum atomic E-state index is -0.518. The Morgan fingerprint density at radius 2 is 1.78 bits per heavy atom. The summed E-state index contributed by atoms with van der Waals surface area (Å²) in [6, 6.07) is 2.18. The molecule has 0 aromatic heterocycles. The van der Waals surface area contributed by atoms with Gasteiger partial charge in [0.05, 0.1) is 17.5 Å². The molecule has 1 N–H and O–H groups in total. The number of carbonyl (C=O) groups is 1. The molecule has 1 fully saturated rings. The second kappa shape index (κ2) is 4.46. The van der Waals surface area contributed by atoms with Crippen LogP contribution in [0.3, 0.4) is 0 Å². The maximum atomic E-state index is 11.9. The van der Waals surface area contributed by atoms with Gasteiger partial charge < -0.3 is 10.1 Å². The molecular weight excluding hydrogens is 228 g/mol. The van der Waals surface area contributed by atoms with Crippen LogP contribution in [0.4, 0.5) is 4.79 Å². The lowest BCUT2D eigenvalue weighted by atomic mass is 9.77. The second-order valence-electron chi connectivity index (χ2n) is 7.21. The first-order chi connectivity index (χ1) is 8.00. The fourth-order valence-electron chi connectivity index (χ4n) is 2.21. The standard InChI is InChI=1S/C14H24N2O2/c1-12(2,3)10(14(9-15)7-8-14)16-11(17)18-13(4,5)6/h10H,7-8H2,1-6H3,(H,16,17). The highest BCUT2D eigenvalue weighted by Crippen LogP contribution is 2.52. The molecule has 1 amide bonds. The smallest absolute Gasteiger partial charge is 0.407 e. The number of amides is 1. The molecule has 0 heterocycles. The molecule has 1 aliphatic rings. The molecule has 1 atom stereocenters. The number of rotatable bonds is 2. The van der Waals surface area contributed by atoms with E-state index in [0.717, 1.165) is 12.8 Å². The second-order valence-corrected chi connectivity index (χ2v) is 7.21. The number of hydrogen-bond donors (Lipinski definition) is 1. The van der Waals surface area contributed by atoms with Crippen molar-refractivity contribution in [3.05, 3.63) is 0 Å². The summed E-state index contributed by atoms with van der Waals surface area (Å²) in [4.78, 5) is 11.9. The van der Waals surface area contributed by atoms with Gasteiger partial charge in [-0.25, -0.2) is 4.79 Å². The van der Waals surface area contributed by atoms with E-state index >= 15 is 0 Å². The highest BCUT2D eigenvalue weighted by atomic mass is 16.6. The molecule has 0 spiro atoms. The van der Waals surface area contributed by atoms with Crippen molar-refractivity contribution < 1.29 is 9.53 Å². The molecule has 1 rings (SSSR count). The first kappa shape index (κ1) is 14.8. The van der Waals surface area contributed by atoms with Gasteiger partial charge in [-0.15, -0.1) is 0 Å². The molecule has 0 bridgehead atoms. The Morgan fingerprint density at radius 3 is 2.06 bits per heavy atom. The van der Waals surface area contributed by atoms with Crippen LogP contribution in [0.25, 0.3) is 0 Å². The van der Waals surface area contributed by atoms with E-state index in [-0.39, 0.29) is 11.5 Å². The van der Waals surface area contributed by atoms with Crippen LogP contribution in [0.2, 0.25) is 0 Å². The van der Waals surface area contributed by atoms with Crippen molar-refractivity contribution >= 4 is 6.09 Å². The third-order valence-corrected chi connectivity index (χ3v) is 3.09. The quantitative estimate of drug-likeness (QED) is 0.820. The van der Waals surface area contributed by atoms with Gasteiger partial charge in [-0.05, 0) is 39.0 Å². The zero-order chi connectivity index (χ0) is 14.2. The fourth-order valence-corrected chi connectivity index (χ4v) is 2.21. The van der Waals surface area contributed by atoms with Crippen molar-refractivity contribution in [1.82, 2.24) is 5.32 Å². The molecule has 0 aromatic carbocycles. The van der Waals surface area contributed by atoms with Crippen molar-refractivity contribution in [2.45, 2.75) is 66.0 Å². The van der Waals surface area contributed by atoms with Crippen molar-refractivity contribution in [2.24, 2.45) is 10.8 Å². The largest absolute Gasteiger partial charge is 0.444 e. The van der Waals surface area contributed by atoms with E-state index in [1.165, 1.54) is 0 Å². The average Bonchev–Trinajstić information content (AvgIpc) is 2.90. The van der Waals surface area contributed by atoms with Crippen LogP contribution in [0, 0.1) is 22.2 Å². The normalized spacial score (nSPS) is 19.6. The van der Waals surface area contributed by atoms with Gasteiger partial charge in [-0.3, -0.25) is 0 Å². The summed E-state index contributed by atoms with van der Waals surface area (Å²) in [5.41, 5.74) is -1.09. The maximum absolute atomic E-state index is 11.9. The Bertz CT molecular complexity index is 365. The van der Waals surface area contributed by atoms with Gasteiger partial charge in [-0.1, -0.05) is 20.8 Å². The van der Waals surface area contributed by atoms with E-state index in [9.17, 15) is 10.1 Å². The summed E-state index contributed by atoms with van der Waals surface area (Å²) in [6.07, 6.45) is 1.26. The number of ether oxygens (including phenoxy) is 1. The predicted molar refractivity (Wildman–Crippen MR) is 69.9 cm³/mol. The molecular formula is C14H24N2O2. The third kappa shape index (κ3) is 3.63. The molecule has 4 nitrogen and oxygen atoms in total. The van der Waals surface area contributed by atoms with E-state index in [1.54, 1.807) is 0 Å². The lowest BCUT2D eigenvalue weighted by Crippen LogP contribution is -2.50. The lowest BCUT2D eigenvalue weighted by molar-refractivity contribution is 0.0432. The third-order valence-electron chi connectivity index (χ3n) is 3.09. The maximum Gasteiger partial charge on any atom is 0.407 e. The van der Waals surface area contributed by atoms with Crippen molar-refractivity contribution in [3.63, 3.8) is 0 Å². The molecule has 0 saturated heterocycles. The number of nitrogens with one attached hydrogen (secondary N) is 1. The van der Waals surface area contributed by atoms with Crippen LogP contribution in [-0.2, 0) is 4.74 Å². The van der Waals surface area contributed by atoms with Gasteiger partial charge >= 0.3 is 6.09 Å². The van der Waals surface area contributed by atoms with Gasteiger partial charge in [0.2, 0.25) is 0 Å². The first-order valence-electron chi connectivity index (χ1n) is 6.41. The molecule has 1 saturated carbocycles. The Labute approximate surface area is 110 Å². The van der Waals surface area contributed by atoms with Crippen molar-refractivity contribution in [1.29, 1.82) is 5.26 Å². The minimum Gasteiger partial charge on any atom is -0.444 e. The van der Waals surface area contributed by atoms with Gasteiger partial charge in [0.25, 0.3) is 0 Å². The Balaban J connectivity index is 2.77. The molecule has 1 unspecified atom stereocenters. The molecule has 0 aliphatic heterocycles. The van der Waals surface area contributed by atoms with Crippen LogP contribution in [0.15, 0.2) is 0 Å². The predicted octanol–water partition coefficient (Wildman–Crippen LogP) is 3.23. The van der Waals surface area contributed by atoms with E-state index in [2.05, 4.69) is 11.4 Å². The molecule has 0 radical (unpaired) electrons. The first-order valence-corrected chi connectivity index (χ1v) is 6.41. The van der Waals surface area contributed by atoms with Crippen LogP contribution >= 0.6 is 0 Å². The summed E-state index contributed by atoms with van der Waals surface area (Å²) in [7, 11) is 0. The summed E-state index contributed by atoms with van der Waals surface area (Å²) in [5, 5.41) is 12.2. The zero-order valence-electron chi connectivity index (χ0n) is 12.3. The molecule has 102 valence electrons. The lowest BCUT2D eigenvalue weighted by Gasteiger charge is -2.35. The van der Waals surface area contributed by atoms with Crippen LogP contribution in [0.5, 0.6) is 0 Å². The molecule has 18 heavy (non-hydrogen) atoms. The average molecular weight is 252 g/mol.